The average molecular weight is 575 g/mol. The van der Waals surface area contributed by atoms with E-state index in [1.54, 1.807) is 36.4 Å². The molecule has 0 bridgehead atoms. The highest BCUT2D eigenvalue weighted by molar-refractivity contribution is 9.10. The smallest absolute Gasteiger partial charge is 0.295 e. The van der Waals surface area contributed by atoms with Crippen LogP contribution in [0.15, 0.2) is 46.4 Å². The molecule has 198 valence electrons. The van der Waals surface area contributed by atoms with Crippen LogP contribution in [0.1, 0.15) is 30.5 Å². The maximum atomic E-state index is 13.3. The van der Waals surface area contributed by atoms with E-state index in [0.29, 0.717) is 54.1 Å². The summed E-state index contributed by atoms with van der Waals surface area (Å²) < 4.78 is 16.6. The molecular weight excluding hydrogens is 544 g/mol. The summed E-state index contributed by atoms with van der Waals surface area (Å²) in [6.45, 7) is 6.34. The Labute approximate surface area is 224 Å². The third-order valence-corrected chi connectivity index (χ3v) is 7.13. The lowest BCUT2D eigenvalue weighted by Gasteiger charge is -2.29. The van der Waals surface area contributed by atoms with Crippen molar-refractivity contribution in [3.8, 4) is 17.2 Å². The van der Waals surface area contributed by atoms with Gasteiger partial charge in [0.1, 0.15) is 11.5 Å². The number of methoxy groups -OCH3 is 1. The minimum Gasteiger partial charge on any atom is -0.507 e. The first-order chi connectivity index (χ1) is 17.8. The second kappa shape index (κ2) is 12.0. The van der Waals surface area contributed by atoms with Crippen LogP contribution < -0.4 is 9.47 Å². The number of halogens is 1. The second-order valence-corrected chi connectivity index (χ2v) is 9.67. The molecule has 2 N–H and O–H groups in total. The third kappa shape index (κ3) is 5.76. The van der Waals surface area contributed by atoms with Crippen molar-refractivity contribution in [2.75, 3.05) is 53.1 Å². The van der Waals surface area contributed by atoms with Gasteiger partial charge in [0.2, 0.25) is 0 Å². The molecule has 2 heterocycles. The minimum atomic E-state index is -0.869. The molecule has 2 aliphatic heterocycles. The molecule has 0 aromatic heterocycles. The number of carbonyl (C=O) groups excluding carboxylic acids is 2. The Bertz CT molecular complexity index is 1190. The van der Waals surface area contributed by atoms with E-state index in [-0.39, 0.29) is 22.8 Å². The summed E-state index contributed by atoms with van der Waals surface area (Å²) in [5.41, 5.74) is 0.867. The van der Waals surface area contributed by atoms with Gasteiger partial charge in [-0.2, -0.15) is 0 Å². The van der Waals surface area contributed by atoms with Gasteiger partial charge in [0.25, 0.3) is 11.7 Å². The normalized spacial score (nSPS) is 19.9. The van der Waals surface area contributed by atoms with E-state index >= 15 is 0 Å². The van der Waals surface area contributed by atoms with Crippen LogP contribution in [0.5, 0.6) is 17.2 Å². The molecule has 2 fully saturated rings. The molecule has 0 saturated carbocycles. The van der Waals surface area contributed by atoms with E-state index in [0.717, 1.165) is 19.6 Å². The van der Waals surface area contributed by atoms with Gasteiger partial charge < -0.3 is 29.3 Å². The van der Waals surface area contributed by atoms with Crippen molar-refractivity contribution < 1.29 is 34.0 Å². The van der Waals surface area contributed by atoms with E-state index < -0.39 is 17.7 Å². The molecule has 1 unspecified atom stereocenters. The summed E-state index contributed by atoms with van der Waals surface area (Å²) in [6.07, 6.45) is 0.639. The fourth-order valence-electron chi connectivity index (χ4n) is 4.71. The molecule has 2 aromatic carbocycles. The van der Waals surface area contributed by atoms with Gasteiger partial charge in [-0.25, -0.2) is 0 Å². The number of carbonyl (C=O) groups is 2. The minimum absolute atomic E-state index is 0.0235. The van der Waals surface area contributed by atoms with E-state index in [2.05, 4.69) is 20.8 Å². The summed E-state index contributed by atoms with van der Waals surface area (Å²) >= 11 is 3.34. The molecule has 37 heavy (non-hydrogen) atoms. The highest BCUT2D eigenvalue weighted by atomic mass is 79.9. The van der Waals surface area contributed by atoms with Gasteiger partial charge in [0, 0.05) is 31.7 Å². The molecular formula is C27H31BrN2O7. The summed E-state index contributed by atoms with van der Waals surface area (Å²) in [7, 11) is 1.42. The van der Waals surface area contributed by atoms with Crippen molar-refractivity contribution in [3.05, 3.63) is 57.6 Å². The number of amides is 1. The maximum absolute atomic E-state index is 13.3. The predicted octanol–water partition coefficient (Wildman–Crippen LogP) is 3.71. The summed E-state index contributed by atoms with van der Waals surface area (Å²) in [6, 6.07) is 9.11. The first-order valence-electron chi connectivity index (χ1n) is 12.2. The lowest BCUT2D eigenvalue weighted by molar-refractivity contribution is -0.140. The lowest BCUT2D eigenvalue weighted by atomic mass is 9.95. The van der Waals surface area contributed by atoms with Crippen LogP contribution in [-0.4, -0.2) is 84.8 Å². The van der Waals surface area contributed by atoms with Crippen molar-refractivity contribution in [2.45, 2.75) is 19.4 Å². The van der Waals surface area contributed by atoms with E-state index in [1.165, 1.54) is 12.0 Å². The predicted molar refractivity (Wildman–Crippen MR) is 141 cm³/mol. The SMILES string of the molecule is CCOc1cccc(/C(O)=C2\C(=O)C(=O)N(CCCN3CCOCC3)C2c2cc(Br)c(O)c(OC)c2)c1. The van der Waals surface area contributed by atoms with Gasteiger partial charge in [-0.05, 0) is 59.1 Å². The topological polar surface area (TPSA) is 109 Å². The highest BCUT2D eigenvalue weighted by Crippen LogP contribution is 2.44. The van der Waals surface area contributed by atoms with Crippen molar-refractivity contribution in [1.82, 2.24) is 9.80 Å². The number of aliphatic hydroxyl groups is 1. The molecule has 2 aromatic rings. The van der Waals surface area contributed by atoms with Gasteiger partial charge in [-0.1, -0.05) is 12.1 Å². The van der Waals surface area contributed by atoms with Crippen molar-refractivity contribution in [1.29, 1.82) is 0 Å². The number of Topliss-reactive ketones (excluding diaryl/α,β-unsaturated/α-hetero) is 1. The zero-order valence-electron chi connectivity index (χ0n) is 20.9. The molecule has 0 radical (unpaired) electrons. The van der Waals surface area contributed by atoms with Crippen LogP contribution in [0.2, 0.25) is 0 Å². The molecule has 1 atom stereocenters. The Morgan fingerprint density at radius 1 is 1.16 bits per heavy atom. The quantitative estimate of drug-likeness (QED) is 0.265. The van der Waals surface area contributed by atoms with E-state index in [1.807, 2.05) is 6.92 Å². The first-order valence-corrected chi connectivity index (χ1v) is 13.0. The van der Waals surface area contributed by atoms with Gasteiger partial charge in [0.05, 0.1) is 43.0 Å². The van der Waals surface area contributed by atoms with Crippen molar-refractivity contribution >= 4 is 33.4 Å². The average Bonchev–Trinajstić information content (AvgIpc) is 3.16. The number of aliphatic hydroxyl groups excluding tert-OH is 1. The van der Waals surface area contributed by atoms with Crippen molar-refractivity contribution in [2.24, 2.45) is 0 Å². The second-order valence-electron chi connectivity index (χ2n) is 8.81. The Morgan fingerprint density at radius 2 is 1.92 bits per heavy atom. The van der Waals surface area contributed by atoms with Gasteiger partial charge >= 0.3 is 0 Å². The number of rotatable bonds is 9. The van der Waals surface area contributed by atoms with Crippen LogP contribution in [0.3, 0.4) is 0 Å². The number of nitrogens with zero attached hydrogens (tertiary/aromatic N) is 2. The van der Waals surface area contributed by atoms with Gasteiger partial charge in [-0.3, -0.25) is 14.5 Å². The van der Waals surface area contributed by atoms with Crippen molar-refractivity contribution in [3.63, 3.8) is 0 Å². The standard InChI is InChI=1S/C27H31BrN2O7/c1-3-37-19-7-4-6-17(14-19)24(31)22-23(18-15-20(28)25(32)21(16-18)35-2)30(27(34)26(22)33)9-5-8-29-10-12-36-13-11-29/h4,6-7,14-16,23,31-32H,3,5,8-13H2,1-2H3/b24-22+. The van der Waals surface area contributed by atoms with E-state index in [4.69, 9.17) is 14.2 Å². The third-order valence-electron chi connectivity index (χ3n) is 6.52. The summed E-state index contributed by atoms with van der Waals surface area (Å²) in [5.74, 6) is -1.11. The molecule has 0 spiro atoms. The number of hydrogen-bond acceptors (Lipinski definition) is 8. The molecule has 0 aliphatic carbocycles. The number of aromatic hydroxyl groups is 1. The monoisotopic (exact) mass is 574 g/mol. The van der Waals surface area contributed by atoms with Crippen LogP contribution in [0, 0.1) is 0 Å². The number of ketones is 1. The molecule has 2 aliphatic rings. The Kier molecular flexibility index (Phi) is 8.73. The zero-order chi connectivity index (χ0) is 26.5. The first kappa shape index (κ1) is 27.0. The highest BCUT2D eigenvalue weighted by Gasteiger charge is 2.46. The summed E-state index contributed by atoms with van der Waals surface area (Å²) in [4.78, 5) is 30.4. The molecule has 2 saturated heterocycles. The molecule has 4 rings (SSSR count). The number of ether oxygens (including phenoxy) is 3. The fourth-order valence-corrected chi connectivity index (χ4v) is 5.17. The Balaban J connectivity index is 1.75. The summed E-state index contributed by atoms with van der Waals surface area (Å²) in [5, 5.41) is 21.7. The zero-order valence-corrected chi connectivity index (χ0v) is 22.5. The van der Waals surface area contributed by atoms with E-state index in [9.17, 15) is 19.8 Å². The van der Waals surface area contributed by atoms with Crippen LogP contribution in [0.4, 0.5) is 0 Å². The number of benzene rings is 2. The molecule has 10 heteroatoms. The Hall–Kier alpha value is -3.08. The maximum Gasteiger partial charge on any atom is 0.295 e. The lowest BCUT2D eigenvalue weighted by Crippen LogP contribution is -2.39. The number of phenolic OH excluding ortho intramolecular Hbond substituents is 1. The number of morpholine rings is 1. The van der Waals surface area contributed by atoms with Gasteiger partial charge in [-0.15, -0.1) is 0 Å². The fraction of sp³-hybridized carbons (Fsp3) is 0.407. The number of likely N-dealkylation sites (tertiary alicyclic amines) is 1. The number of phenols is 1. The van der Waals surface area contributed by atoms with Gasteiger partial charge in [0.15, 0.2) is 11.5 Å². The Morgan fingerprint density at radius 3 is 2.62 bits per heavy atom. The molecule has 9 nitrogen and oxygen atoms in total. The van der Waals surface area contributed by atoms with Crippen LogP contribution in [0.25, 0.3) is 5.76 Å². The van der Waals surface area contributed by atoms with Crippen LogP contribution >= 0.6 is 15.9 Å². The molecule has 1 amide bonds. The largest absolute Gasteiger partial charge is 0.507 e. The van der Waals surface area contributed by atoms with Crippen LogP contribution in [-0.2, 0) is 14.3 Å². The number of hydrogen-bond donors (Lipinski definition) is 2.